The molecule has 2 atom stereocenters. The highest BCUT2D eigenvalue weighted by Gasteiger charge is 2.35. The smallest absolute Gasteiger partial charge is 0.408 e. The molecular formula is C24H39N3O4. The Bertz CT molecular complexity index is 784. The number of nitrogens with zero attached hydrogens (tertiary/aromatic N) is 1. The summed E-state index contributed by atoms with van der Waals surface area (Å²) in [5.74, 6) is -0.584. The van der Waals surface area contributed by atoms with Gasteiger partial charge in [0.25, 0.3) is 0 Å². The van der Waals surface area contributed by atoms with Crippen LogP contribution in [0.1, 0.15) is 77.6 Å². The Morgan fingerprint density at radius 1 is 1.10 bits per heavy atom. The van der Waals surface area contributed by atoms with Crippen molar-refractivity contribution in [3.05, 3.63) is 34.9 Å². The molecule has 2 unspecified atom stereocenters. The van der Waals surface area contributed by atoms with Gasteiger partial charge in [0, 0.05) is 12.1 Å². The quantitative estimate of drug-likeness (QED) is 0.648. The van der Waals surface area contributed by atoms with Crippen molar-refractivity contribution in [2.75, 3.05) is 6.54 Å². The monoisotopic (exact) mass is 433 g/mol. The summed E-state index contributed by atoms with van der Waals surface area (Å²) in [7, 11) is 0. The van der Waals surface area contributed by atoms with Crippen LogP contribution < -0.4 is 10.6 Å². The third-order valence-electron chi connectivity index (χ3n) is 4.82. The van der Waals surface area contributed by atoms with Gasteiger partial charge in [0.05, 0.1) is 0 Å². The summed E-state index contributed by atoms with van der Waals surface area (Å²) in [6.45, 7) is 16.6. The molecule has 0 heterocycles. The van der Waals surface area contributed by atoms with E-state index in [0.29, 0.717) is 6.42 Å². The average Bonchev–Trinajstić information content (AvgIpc) is 2.63. The van der Waals surface area contributed by atoms with Crippen LogP contribution in [0.2, 0.25) is 0 Å². The first-order valence-electron chi connectivity index (χ1n) is 10.9. The van der Waals surface area contributed by atoms with E-state index in [2.05, 4.69) is 10.6 Å². The molecule has 0 fully saturated rings. The minimum absolute atomic E-state index is 0.0751. The van der Waals surface area contributed by atoms with Gasteiger partial charge < -0.3 is 20.3 Å². The Labute approximate surface area is 186 Å². The summed E-state index contributed by atoms with van der Waals surface area (Å²) in [4.78, 5) is 40.2. The fraction of sp³-hybridized carbons (Fsp3) is 0.625. The number of carbonyl (C=O) groups is 3. The van der Waals surface area contributed by atoms with Gasteiger partial charge in [0.2, 0.25) is 11.8 Å². The molecule has 7 heteroatoms. The van der Waals surface area contributed by atoms with E-state index in [1.807, 2.05) is 59.7 Å². The van der Waals surface area contributed by atoms with Crippen molar-refractivity contribution in [3.63, 3.8) is 0 Å². The van der Waals surface area contributed by atoms with E-state index in [9.17, 15) is 14.4 Å². The maximum Gasteiger partial charge on any atom is 0.408 e. The molecule has 0 bridgehead atoms. The number of rotatable bonds is 8. The molecular weight excluding hydrogens is 394 g/mol. The molecule has 1 aromatic rings. The van der Waals surface area contributed by atoms with Crippen molar-refractivity contribution in [1.82, 2.24) is 15.5 Å². The number of benzene rings is 1. The van der Waals surface area contributed by atoms with E-state index in [4.69, 9.17) is 4.74 Å². The Morgan fingerprint density at radius 3 is 2.23 bits per heavy atom. The van der Waals surface area contributed by atoms with E-state index < -0.39 is 17.7 Å². The van der Waals surface area contributed by atoms with Crippen LogP contribution in [0.3, 0.4) is 0 Å². The van der Waals surface area contributed by atoms with Gasteiger partial charge in [-0.25, -0.2) is 4.79 Å². The highest BCUT2D eigenvalue weighted by Crippen LogP contribution is 2.28. The lowest BCUT2D eigenvalue weighted by molar-refractivity contribution is -0.143. The van der Waals surface area contributed by atoms with Gasteiger partial charge in [0.15, 0.2) is 0 Å². The van der Waals surface area contributed by atoms with Crippen LogP contribution in [0, 0.1) is 13.8 Å². The lowest BCUT2D eigenvalue weighted by Crippen LogP contribution is -2.52. The second-order valence-corrected chi connectivity index (χ2v) is 9.34. The fourth-order valence-electron chi connectivity index (χ4n) is 3.23. The van der Waals surface area contributed by atoms with Gasteiger partial charge >= 0.3 is 6.09 Å². The van der Waals surface area contributed by atoms with Crippen LogP contribution in [0.5, 0.6) is 0 Å². The maximum atomic E-state index is 13.3. The number of ether oxygens (including phenoxy) is 1. The summed E-state index contributed by atoms with van der Waals surface area (Å²) in [5, 5.41) is 5.48. The van der Waals surface area contributed by atoms with E-state index >= 15 is 0 Å². The van der Waals surface area contributed by atoms with Crippen molar-refractivity contribution in [3.8, 4) is 0 Å². The van der Waals surface area contributed by atoms with Crippen molar-refractivity contribution in [2.24, 2.45) is 0 Å². The molecule has 0 aliphatic carbocycles. The minimum atomic E-state index is -0.801. The van der Waals surface area contributed by atoms with Crippen molar-refractivity contribution in [2.45, 2.75) is 92.5 Å². The molecule has 0 aromatic heterocycles. The predicted octanol–water partition coefficient (Wildman–Crippen LogP) is 4.02. The van der Waals surface area contributed by atoms with E-state index in [-0.39, 0.29) is 30.4 Å². The summed E-state index contributed by atoms with van der Waals surface area (Å²) in [5.41, 5.74) is 2.05. The zero-order valence-electron chi connectivity index (χ0n) is 20.5. The highest BCUT2D eigenvalue weighted by molar-refractivity contribution is 5.91. The van der Waals surface area contributed by atoms with E-state index in [1.165, 1.54) is 0 Å². The van der Waals surface area contributed by atoms with Gasteiger partial charge in [-0.15, -0.1) is 0 Å². The lowest BCUT2D eigenvalue weighted by Gasteiger charge is -2.37. The lowest BCUT2D eigenvalue weighted by atomic mass is 9.95. The van der Waals surface area contributed by atoms with Gasteiger partial charge in [-0.05, 0) is 72.9 Å². The van der Waals surface area contributed by atoms with Crippen molar-refractivity contribution in [1.29, 1.82) is 0 Å². The molecule has 0 saturated heterocycles. The van der Waals surface area contributed by atoms with Crippen LogP contribution in [0.15, 0.2) is 18.2 Å². The molecule has 174 valence electrons. The van der Waals surface area contributed by atoms with Crippen LogP contribution in [-0.2, 0) is 14.3 Å². The molecule has 0 aliphatic heterocycles. The first-order chi connectivity index (χ1) is 14.3. The number of hydrogen-bond acceptors (Lipinski definition) is 4. The number of amides is 3. The largest absolute Gasteiger partial charge is 0.444 e. The number of nitrogens with one attached hydrogen (secondary N) is 2. The zero-order chi connectivity index (χ0) is 23.9. The SMILES string of the molecule is CCC(C)N(C(=O)CNC(=O)OC(C)(C)C)C(C(=O)NC(C)C)c1cc(C)ccc1C. The van der Waals surface area contributed by atoms with Gasteiger partial charge in [-0.3, -0.25) is 9.59 Å². The Balaban J connectivity index is 3.32. The first kappa shape index (κ1) is 26.5. The summed E-state index contributed by atoms with van der Waals surface area (Å²) in [6, 6.07) is 4.80. The number of aryl methyl sites for hydroxylation is 2. The fourth-order valence-corrected chi connectivity index (χ4v) is 3.23. The normalized spacial score (nSPS) is 13.4. The molecule has 1 rings (SSSR count). The number of carbonyl (C=O) groups excluding carboxylic acids is 3. The second kappa shape index (κ2) is 11.2. The van der Waals surface area contributed by atoms with E-state index in [0.717, 1.165) is 16.7 Å². The summed E-state index contributed by atoms with van der Waals surface area (Å²) >= 11 is 0. The molecule has 31 heavy (non-hydrogen) atoms. The molecule has 0 saturated carbocycles. The molecule has 1 aromatic carbocycles. The summed E-state index contributed by atoms with van der Waals surface area (Å²) in [6.07, 6.45) is -0.00558. The average molecular weight is 434 g/mol. The minimum Gasteiger partial charge on any atom is -0.444 e. The molecule has 0 aliphatic rings. The maximum absolute atomic E-state index is 13.3. The first-order valence-corrected chi connectivity index (χ1v) is 10.9. The van der Waals surface area contributed by atoms with Crippen LogP contribution >= 0.6 is 0 Å². The van der Waals surface area contributed by atoms with Gasteiger partial charge in [0.1, 0.15) is 18.2 Å². The van der Waals surface area contributed by atoms with Crippen molar-refractivity contribution >= 4 is 17.9 Å². The van der Waals surface area contributed by atoms with Crippen molar-refractivity contribution < 1.29 is 19.1 Å². The molecule has 3 amide bonds. The molecule has 2 N–H and O–H groups in total. The standard InChI is InChI=1S/C24H39N3O4/c1-10-18(6)27(20(28)14-25-23(30)31-24(7,8)9)21(22(29)26-15(2)3)19-13-16(4)11-12-17(19)5/h11-13,15,18,21H,10,14H2,1-9H3,(H,25,30)(H,26,29). The third kappa shape index (κ3) is 8.23. The van der Waals surface area contributed by atoms with Crippen LogP contribution in [0.4, 0.5) is 4.79 Å². The third-order valence-corrected chi connectivity index (χ3v) is 4.82. The molecule has 7 nitrogen and oxygen atoms in total. The van der Waals surface area contributed by atoms with Crippen LogP contribution in [0.25, 0.3) is 0 Å². The van der Waals surface area contributed by atoms with Gasteiger partial charge in [-0.2, -0.15) is 0 Å². The zero-order valence-corrected chi connectivity index (χ0v) is 20.5. The van der Waals surface area contributed by atoms with Crippen LogP contribution in [-0.4, -0.2) is 47.0 Å². The number of alkyl carbamates (subject to hydrolysis) is 1. The molecule has 0 radical (unpaired) electrons. The predicted molar refractivity (Wildman–Crippen MR) is 123 cm³/mol. The van der Waals surface area contributed by atoms with Gasteiger partial charge in [-0.1, -0.05) is 30.7 Å². The molecule has 0 spiro atoms. The Kier molecular flexibility index (Phi) is 9.53. The topological polar surface area (TPSA) is 87.7 Å². The Morgan fingerprint density at radius 2 is 1.71 bits per heavy atom. The number of hydrogen-bond donors (Lipinski definition) is 2. The Hall–Kier alpha value is -2.57. The second-order valence-electron chi connectivity index (χ2n) is 9.34. The summed E-state index contributed by atoms with van der Waals surface area (Å²) < 4.78 is 5.23. The highest BCUT2D eigenvalue weighted by atomic mass is 16.6. The van der Waals surface area contributed by atoms with E-state index in [1.54, 1.807) is 25.7 Å².